The number of aromatic nitrogens is 1. The highest BCUT2D eigenvalue weighted by Gasteiger charge is 2.02. The lowest BCUT2D eigenvalue weighted by Crippen LogP contribution is -2.23. The summed E-state index contributed by atoms with van der Waals surface area (Å²) in [5, 5.41) is 3.01. The van der Waals surface area contributed by atoms with Crippen molar-refractivity contribution >= 4 is 16.5 Å². The molecule has 0 aliphatic carbocycles. The number of likely N-dealkylation sites (N-methyl/N-ethyl adjacent to an activating group) is 1. The van der Waals surface area contributed by atoms with Crippen LogP contribution in [0.5, 0.6) is 5.75 Å². The highest BCUT2D eigenvalue weighted by Crippen LogP contribution is 2.16. The zero-order valence-corrected chi connectivity index (χ0v) is 10.9. The Balaban J connectivity index is 1.80. The lowest BCUT2D eigenvalue weighted by molar-refractivity contribution is 0.325. The molecule has 0 bridgehead atoms. The van der Waals surface area contributed by atoms with E-state index in [0.717, 1.165) is 17.4 Å². The molecule has 1 aromatic carbocycles. The van der Waals surface area contributed by atoms with E-state index in [1.54, 1.807) is 11.3 Å². The summed E-state index contributed by atoms with van der Waals surface area (Å²) in [6.07, 6.45) is 1.82. The summed E-state index contributed by atoms with van der Waals surface area (Å²) in [7, 11) is 2.03. The Kier molecular flexibility index (Phi) is 3.98. The highest BCUT2D eigenvalue weighted by atomic mass is 32.1. The number of aryl methyl sites for hydroxylation is 1. The number of nitrogens with zero attached hydrogens (tertiary/aromatic N) is 2. The fourth-order valence-electron chi connectivity index (χ4n) is 1.51. The fraction of sp³-hybridized carbons (Fsp3) is 0.308. The average Bonchev–Trinajstić information content (AvgIpc) is 2.82. The molecule has 4 heteroatoms. The van der Waals surface area contributed by atoms with Crippen LogP contribution in [0.3, 0.4) is 0 Å². The predicted octanol–water partition coefficient (Wildman–Crippen LogP) is 2.97. The normalized spacial score (nSPS) is 10.2. The van der Waals surface area contributed by atoms with E-state index < -0.39 is 0 Å². The molecule has 3 nitrogen and oxygen atoms in total. The number of ether oxygens (including phenoxy) is 1. The third-order valence-corrected chi connectivity index (χ3v) is 3.32. The van der Waals surface area contributed by atoms with Crippen LogP contribution in [0.25, 0.3) is 0 Å². The van der Waals surface area contributed by atoms with Crippen LogP contribution in [0, 0.1) is 6.92 Å². The molecule has 0 fully saturated rings. The Morgan fingerprint density at radius 2 is 2.29 bits per heavy atom. The highest BCUT2D eigenvalue weighted by molar-refractivity contribution is 7.13. The molecule has 0 atom stereocenters. The zero-order valence-electron chi connectivity index (χ0n) is 10.1. The molecule has 0 saturated carbocycles. The molecule has 1 aromatic heterocycles. The van der Waals surface area contributed by atoms with E-state index >= 15 is 0 Å². The van der Waals surface area contributed by atoms with E-state index in [1.807, 2.05) is 36.8 Å². The van der Waals surface area contributed by atoms with Crippen molar-refractivity contribution in [3.05, 3.63) is 41.4 Å². The van der Waals surface area contributed by atoms with Crippen LogP contribution in [-0.2, 0) is 0 Å². The third-order valence-electron chi connectivity index (χ3n) is 2.43. The molecule has 0 radical (unpaired) electrons. The first kappa shape index (κ1) is 11.9. The van der Waals surface area contributed by atoms with Gasteiger partial charge in [-0.2, -0.15) is 0 Å². The van der Waals surface area contributed by atoms with Crippen molar-refractivity contribution in [1.82, 2.24) is 4.98 Å². The zero-order chi connectivity index (χ0) is 12.1. The molecule has 0 amide bonds. The van der Waals surface area contributed by atoms with Gasteiger partial charge in [-0.05, 0) is 24.6 Å². The lowest BCUT2D eigenvalue weighted by Gasteiger charge is -2.16. The summed E-state index contributed by atoms with van der Waals surface area (Å²) in [5.74, 6) is 0.928. The van der Waals surface area contributed by atoms with E-state index in [-0.39, 0.29) is 0 Å². The molecular formula is C13H16N2OS. The molecule has 0 N–H and O–H groups in total. The van der Waals surface area contributed by atoms with Crippen LogP contribution in [0.2, 0.25) is 0 Å². The van der Waals surface area contributed by atoms with Crippen molar-refractivity contribution in [3.63, 3.8) is 0 Å². The van der Waals surface area contributed by atoms with Crippen molar-refractivity contribution in [3.8, 4) is 5.75 Å². The number of hydrogen-bond acceptors (Lipinski definition) is 4. The molecule has 2 rings (SSSR count). The van der Waals surface area contributed by atoms with Crippen molar-refractivity contribution < 1.29 is 4.74 Å². The maximum atomic E-state index is 5.69. The summed E-state index contributed by atoms with van der Waals surface area (Å²) in [5.41, 5.74) is 1.22. The van der Waals surface area contributed by atoms with Crippen molar-refractivity contribution in [1.29, 1.82) is 0 Å². The van der Waals surface area contributed by atoms with Gasteiger partial charge in [0.15, 0.2) is 5.13 Å². The number of anilines is 1. The van der Waals surface area contributed by atoms with Gasteiger partial charge in [-0.3, -0.25) is 0 Å². The van der Waals surface area contributed by atoms with Gasteiger partial charge in [0.1, 0.15) is 12.4 Å². The Hall–Kier alpha value is -1.55. The topological polar surface area (TPSA) is 25.4 Å². The van der Waals surface area contributed by atoms with Gasteiger partial charge in [0, 0.05) is 18.6 Å². The van der Waals surface area contributed by atoms with E-state index in [9.17, 15) is 0 Å². The monoisotopic (exact) mass is 248 g/mol. The van der Waals surface area contributed by atoms with Crippen molar-refractivity contribution in [2.45, 2.75) is 6.92 Å². The standard InChI is InChI=1S/C13H16N2OS/c1-11-4-3-5-12(10-11)16-8-7-15(2)13-14-6-9-17-13/h3-6,9-10H,7-8H2,1-2H3. The minimum Gasteiger partial charge on any atom is -0.492 e. The number of benzene rings is 1. The molecule has 2 aromatic rings. The molecule has 17 heavy (non-hydrogen) atoms. The second kappa shape index (κ2) is 5.68. The molecule has 0 saturated heterocycles. The van der Waals surface area contributed by atoms with Gasteiger partial charge in [-0.15, -0.1) is 11.3 Å². The van der Waals surface area contributed by atoms with Gasteiger partial charge in [0.05, 0.1) is 6.54 Å². The summed E-state index contributed by atoms with van der Waals surface area (Å²) in [6.45, 7) is 3.57. The number of thiazole rings is 1. The molecule has 90 valence electrons. The Bertz CT molecular complexity index is 456. The van der Waals surface area contributed by atoms with Crippen LogP contribution in [0.1, 0.15) is 5.56 Å². The van der Waals surface area contributed by atoms with Gasteiger partial charge in [-0.1, -0.05) is 12.1 Å². The summed E-state index contributed by atoms with van der Waals surface area (Å²) in [4.78, 5) is 6.34. The fourth-order valence-corrected chi connectivity index (χ4v) is 2.14. The Morgan fingerprint density at radius 1 is 1.41 bits per heavy atom. The second-order valence-electron chi connectivity index (χ2n) is 3.90. The van der Waals surface area contributed by atoms with Gasteiger partial charge in [-0.25, -0.2) is 4.98 Å². The summed E-state index contributed by atoms with van der Waals surface area (Å²) < 4.78 is 5.69. The smallest absolute Gasteiger partial charge is 0.185 e. The van der Waals surface area contributed by atoms with Crippen LogP contribution in [0.15, 0.2) is 35.8 Å². The summed E-state index contributed by atoms with van der Waals surface area (Å²) in [6, 6.07) is 8.10. The van der Waals surface area contributed by atoms with Crippen molar-refractivity contribution in [2.75, 3.05) is 25.1 Å². The van der Waals surface area contributed by atoms with Crippen LogP contribution < -0.4 is 9.64 Å². The van der Waals surface area contributed by atoms with E-state index in [4.69, 9.17) is 4.74 Å². The van der Waals surface area contributed by atoms with Crippen LogP contribution >= 0.6 is 11.3 Å². The molecular weight excluding hydrogens is 232 g/mol. The molecule has 0 aliphatic rings. The minimum absolute atomic E-state index is 0.666. The largest absolute Gasteiger partial charge is 0.492 e. The average molecular weight is 248 g/mol. The molecule has 1 heterocycles. The second-order valence-corrected chi connectivity index (χ2v) is 4.77. The maximum absolute atomic E-state index is 5.69. The van der Waals surface area contributed by atoms with E-state index in [0.29, 0.717) is 6.61 Å². The van der Waals surface area contributed by atoms with E-state index in [2.05, 4.69) is 22.9 Å². The lowest BCUT2D eigenvalue weighted by atomic mass is 10.2. The third kappa shape index (κ3) is 3.46. The predicted molar refractivity (Wildman–Crippen MR) is 72.1 cm³/mol. The first-order valence-electron chi connectivity index (χ1n) is 5.56. The Morgan fingerprint density at radius 3 is 3.00 bits per heavy atom. The van der Waals surface area contributed by atoms with E-state index in [1.165, 1.54) is 5.56 Å². The first-order chi connectivity index (χ1) is 8.25. The minimum atomic E-state index is 0.666. The summed E-state index contributed by atoms with van der Waals surface area (Å²) >= 11 is 1.64. The molecule has 0 aliphatic heterocycles. The SMILES string of the molecule is Cc1cccc(OCCN(C)c2nccs2)c1. The van der Waals surface area contributed by atoms with Gasteiger partial charge in [0.25, 0.3) is 0 Å². The van der Waals surface area contributed by atoms with Crippen LogP contribution in [-0.4, -0.2) is 25.2 Å². The van der Waals surface area contributed by atoms with Gasteiger partial charge < -0.3 is 9.64 Å². The first-order valence-corrected chi connectivity index (χ1v) is 6.44. The van der Waals surface area contributed by atoms with Gasteiger partial charge in [0.2, 0.25) is 0 Å². The van der Waals surface area contributed by atoms with Crippen LogP contribution in [0.4, 0.5) is 5.13 Å². The number of rotatable bonds is 5. The van der Waals surface area contributed by atoms with Crippen molar-refractivity contribution in [2.24, 2.45) is 0 Å². The molecule has 0 spiro atoms. The Labute approximate surface area is 106 Å². The number of hydrogen-bond donors (Lipinski definition) is 0. The molecule has 0 unspecified atom stereocenters. The maximum Gasteiger partial charge on any atom is 0.185 e. The quantitative estimate of drug-likeness (QED) is 0.813. The van der Waals surface area contributed by atoms with Gasteiger partial charge >= 0.3 is 0 Å².